The minimum absolute atomic E-state index is 0.0819. The molecule has 0 saturated heterocycles. The molecule has 3 rings (SSSR count). The van der Waals surface area contributed by atoms with Gasteiger partial charge in [-0.15, -0.1) is 0 Å². The lowest BCUT2D eigenvalue weighted by atomic mass is 9.95. The molecule has 0 amide bonds. The molecular weight excluding hydrogens is 487 g/mol. The second kappa shape index (κ2) is 11.5. The number of aromatic hydroxyl groups is 1. The van der Waals surface area contributed by atoms with Crippen LogP contribution in [0.4, 0.5) is 18.9 Å². The van der Waals surface area contributed by atoms with Crippen molar-refractivity contribution in [3.05, 3.63) is 102 Å². The molecule has 0 saturated carbocycles. The van der Waals surface area contributed by atoms with Crippen LogP contribution in [-0.2, 0) is 17.5 Å². The first-order chi connectivity index (χ1) is 17.6. The standard InChI is InChI=1S/C28H26F3NO5/c1-17(9-11-20(15-33)37-16-18-7-5-4-6-8-18)25-24(35-2)14-21(27(36-3)26(25)34)19-10-12-23(32)22(13-19)28(29,30)31/h4-15,33-34H,1,16,32H2,2-3H3/b11-9-,20-15-. The van der Waals surface area contributed by atoms with Gasteiger partial charge in [0.2, 0.25) is 0 Å². The number of methoxy groups -OCH3 is 2. The van der Waals surface area contributed by atoms with Gasteiger partial charge in [-0.05, 0) is 41.0 Å². The van der Waals surface area contributed by atoms with E-state index < -0.39 is 23.2 Å². The topological polar surface area (TPSA) is 94.2 Å². The molecule has 0 aliphatic heterocycles. The number of nitrogens with two attached hydrogens (primary N) is 1. The Bertz CT molecular complexity index is 1330. The van der Waals surface area contributed by atoms with Crippen LogP contribution in [0.3, 0.4) is 0 Å². The summed E-state index contributed by atoms with van der Waals surface area (Å²) in [5.74, 6) is -0.209. The van der Waals surface area contributed by atoms with Gasteiger partial charge in [-0.25, -0.2) is 0 Å². The highest BCUT2D eigenvalue weighted by Gasteiger charge is 2.33. The van der Waals surface area contributed by atoms with Crippen molar-refractivity contribution in [3.8, 4) is 28.4 Å². The number of phenolic OH excluding ortho intramolecular Hbond substituents is 1. The number of aliphatic hydroxyl groups is 1. The fraction of sp³-hybridized carbons (Fsp3) is 0.143. The molecule has 0 unspecified atom stereocenters. The molecule has 0 fully saturated rings. The first kappa shape index (κ1) is 27.1. The lowest BCUT2D eigenvalue weighted by Crippen LogP contribution is -2.09. The van der Waals surface area contributed by atoms with Gasteiger partial charge in [-0.1, -0.05) is 49.1 Å². The van der Waals surface area contributed by atoms with Crippen molar-refractivity contribution in [2.45, 2.75) is 12.8 Å². The second-order valence-corrected chi connectivity index (χ2v) is 7.85. The van der Waals surface area contributed by atoms with Gasteiger partial charge < -0.3 is 30.2 Å². The number of nitrogen functional groups attached to an aromatic ring is 1. The van der Waals surface area contributed by atoms with Crippen LogP contribution >= 0.6 is 0 Å². The number of allylic oxidation sites excluding steroid dienone is 3. The van der Waals surface area contributed by atoms with Crippen molar-refractivity contribution in [3.63, 3.8) is 0 Å². The third-order valence-corrected chi connectivity index (χ3v) is 5.46. The van der Waals surface area contributed by atoms with E-state index in [9.17, 15) is 23.4 Å². The Morgan fingerprint density at radius 1 is 1.03 bits per heavy atom. The first-order valence-electron chi connectivity index (χ1n) is 10.9. The zero-order valence-electron chi connectivity index (χ0n) is 20.2. The van der Waals surface area contributed by atoms with E-state index in [1.807, 2.05) is 30.3 Å². The molecular formula is C28H26F3NO5. The average Bonchev–Trinajstić information content (AvgIpc) is 2.88. The van der Waals surface area contributed by atoms with Gasteiger partial charge in [0.15, 0.2) is 17.3 Å². The number of rotatable bonds is 9. The maximum absolute atomic E-state index is 13.4. The van der Waals surface area contributed by atoms with Gasteiger partial charge in [0.1, 0.15) is 18.6 Å². The van der Waals surface area contributed by atoms with Crippen molar-refractivity contribution in [2.75, 3.05) is 20.0 Å². The SMILES string of the molecule is C=C(/C=C\C(=C\O)OCc1ccccc1)c1c(OC)cc(-c2ccc(N)c(C(F)(F)F)c2)c(OC)c1O. The van der Waals surface area contributed by atoms with Crippen LogP contribution in [0.25, 0.3) is 16.7 Å². The van der Waals surface area contributed by atoms with Gasteiger partial charge >= 0.3 is 6.18 Å². The number of ether oxygens (including phenoxy) is 3. The van der Waals surface area contributed by atoms with Crippen LogP contribution in [0.1, 0.15) is 16.7 Å². The first-order valence-corrected chi connectivity index (χ1v) is 10.9. The van der Waals surface area contributed by atoms with Crippen LogP contribution < -0.4 is 15.2 Å². The van der Waals surface area contributed by atoms with E-state index in [4.69, 9.17) is 19.9 Å². The highest BCUT2D eigenvalue weighted by Crippen LogP contribution is 2.48. The Morgan fingerprint density at radius 3 is 2.32 bits per heavy atom. The summed E-state index contributed by atoms with van der Waals surface area (Å²) in [6.07, 6.45) is -0.958. The Balaban J connectivity index is 1.97. The summed E-state index contributed by atoms with van der Waals surface area (Å²) in [6, 6.07) is 14.2. The molecule has 3 aromatic rings. The summed E-state index contributed by atoms with van der Waals surface area (Å²) in [5, 5.41) is 20.6. The van der Waals surface area contributed by atoms with E-state index in [0.29, 0.717) is 0 Å². The molecule has 0 atom stereocenters. The molecule has 0 spiro atoms. The maximum Gasteiger partial charge on any atom is 0.418 e. The fourth-order valence-corrected chi connectivity index (χ4v) is 3.62. The smallest absolute Gasteiger partial charge is 0.418 e. The number of phenols is 1. The van der Waals surface area contributed by atoms with E-state index >= 15 is 0 Å². The van der Waals surface area contributed by atoms with Crippen molar-refractivity contribution in [1.29, 1.82) is 0 Å². The number of benzene rings is 3. The van der Waals surface area contributed by atoms with Gasteiger partial charge in [0.05, 0.1) is 25.3 Å². The molecule has 9 heteroatoms. The summed E-state index contributed by atoms with van der Waals surface area (Å²) >= 11 is 0. The number of aliphatic hydroxyl groups excluding tert-OH is 1. The Hall–Kier alpha value is -4.53. The maximum atomic E-state index is 13.4. The summed E-state index contributed by atoms with van der Waals surface area (Å²) < 4.78 is 56.6. The number of halogens is 3. The van der Waals surface area contributed by atoms with Crippen LogP contribution in [-0.4, -0.2) is 24.4 Å². The molecule has 0 radical (unpaired) electrons. The fourth-order valence-electron chi connectivity index (χ4n) is 3.62. The lowest BCUT2D eigenvalue weighted by molar-refractivity contribution is -0.136. The molecule has 0 aromatic heterocycles. The van der Waals surface area contributed by atoms with Gasteiger partial charge in [0.25, 0.3) is 0 Å². The molecule has 37 heavy (non-hydrogen) atoms. The van der Waals surface area contributed by atoms with E-state index in [1.165, 1.54) is 38.5 Å². The zero-order valence-corrected chi connectivity index (χ0v) is 20.2. The third kappa shape index (κ3) is 6.19. The Kier molecular flexibility index (Phi) is 8.39. The third-order valence-electron chi connectivity index (χ3n) is 5.46. The highest BCUT2D eigenvalue weighted by molar-refractivity contribution is 5.88. The molecule has 0 heterocycles. The van der Waals surface area contributed by atoms with Crippen molar-refractivity contribution >= 4 is 11.3 Å². The summed E-state index contributed by atoms with van der Waals surface area (Å²) in [7, 11) is 2.62. The number of anilines is 1. The largest absolute Gasteiger partial charge is 0.512 e. The van der Waals surface area contributed by atoms with Crippen molar-refractivity contribution in [1.82, 2.24) is 0 Å². The minimum Gasteiger partial charge on any atom is -0.512 e. The predicted octanol–water partition coefficient (Wildman–Crippen LogP) is 6.86. The predicted molar refractivity (Wildman–Crippen MR) is 136 cm³/mol. The van der Waals surface area contributed by atoms with Gasteiger partial charge in [-0.3, -0.25) is 0 Å². The van der Waals surface area contributed by atoms with Crippen LogP contribution in [0.2, 0.25) is 0 Å². The van der Waals surface area contributed by atoms with E-state index in [-0.39, 0.29) is 46.1 Å². The van der Waals surface area contributed by atoms with Gasteiger partial charge in [0, 0.05) is 11.3 Å². The molecule has 0 aliphatic rings. The molecule has 194 valence electrons. The summed E-state index contributed by atoms with van der Waals surface area (Å²) in [4.78, 5) is 0. The number of hydrogen-bond donors (Lipinski definition) is 3. The second-order valence-electron chi connectivity index (χ2n) is 7.85. The van der Waals surface area contributed by atoms with E-state index in [0.717, 1.165) is 24.0 Å². The Labute approximate surface area is 212 Å². The highest BCUT2D eigenvalue weighted by atomic mass is 19.4. The Morgan fingerprint density at radius 2 is 1.73 bits per heavy atom. The molecule has 4 N–H and O–H groups in total. The quantitative estimate of drug-likeness (QED) is 0.164. The molecule has 0 bridgehead atoms. The summed E-state index contributed by atoms with van der Waals surface area (Å²) in [6.45, 7) is 4.15. The monoisotopic (exact) mass is 513 g/mol. The van der Waals surface area contributed by atoms with Crippen LogP contribution in [0, 0.1) is 0 Å². The van der Waals surface area contributed by atoms with E-state index in [2.05, 4.69) is 6.58 Å². The number of alkyl halides is 3. The normalized spacial score (nSPS) is 12.0. The average molecular weight is 514 g/mol. The van der Waals surface area contributed by atoms with Crippen molar-refractivity contribution in [2.24, 2.45) is 0 Å². The van der Waals surface area contributed by atoms with Crippen LogP contribution in [0.15, 0.2) is 85.3 Å². The zero-order chi connectivity index (χ0) is 27.2. The molecule has 6 nitrogen and oxygen atoms in total. The summed E-state index contributed by atoms with van der Waals surface area (Å²) in [5.41, 5.74) is 5.65. The molecule has 0 aliphatic carbocycles. The van der Waals surface area contributed by atoms with E-state index in [1.54, 1.807) is 0 Å². The van der Waals surface area contributed by atoms with Crippen molar-refractivity contribution < 1.29 is 37.6 Å². The lowest BCUT2D eigenvalue weighted by Gasteiger charge is -2.19. The van der Waals surface area contributed by atoms with Crippen LogP contribution in [0.5, 0.6) is 17.2 Å². The number of hydrogen-bond acceptors (Lipinski definition) is 6. The van der Waals surface area contributed by atoms with Gasteiger partial charge in [-0.2, -0.15) is 13.2 Å². The minimum atomic E-state index is -4.67. The molecule has 3 aromatic carbocycles.